The van der Waals surface area contributed by atoms with E-state index in [1.54, 1.807) is 0 Å². The standard InChI is InChI=1S/C19H25NO3/c21-18(13-23-19(22)11-8-14-4-1-2-5-14)20-17-10-9-15-6-3-7-16(15)12-17/h9-10,12,14H,1-8,11,13H2,(H,20,21). The van der Waals surface area contributed by atoms with Gasteiger partial charge in [-0.2, -0.15) is 0 Å². The van der Waals surface area contributed by atoms with Crippen LogP contribution in [-0.4, -0.2) is 18.5 Å². The van der Waals surface area contributed by atoms with Gasteiger partial charge in [0.2, 0.25) is 0 Å². The lowest BCUT2D eigenvalue weighted by atomic mass is 10.0. The fraction of sp³-hybridized carbons (Fsp3) is 0.579. The van der Waals surface area contributed by atoms with Crippen molar-refractivity contribution in [3.05, 3.63) is 29.3 Å². The monoisotopic (exact) mass is 315 g/mol. The Labute approximate surface area is 137 Å². The second kappa shape index (κ2) is 7.62. The first-order valence-electron chi connectivity index (χ1n) is 8.78. The Balaban J connectivity index is 1.38. The largest absolute Gasteiger partial charge is 0.456 e. The van der Waals surface area contributed by atoms with E-state index in [0.717, 1.165) is 24.9 Å². The Hall–Kier alpha value is -1.84. The van der Waals surface area contributed by atoms with Gasteiger partial charge >= 0.3 is 5.97 Å². The van der Waals surface area contributed by atoms with E-state index in [9.17, 15) is 9.59 Å². The Morgan fingerprint density at radius 3 is 2.70 bits per heavy atom. The molecule has 0 aromatic heterocycles. The van der Waals surface area contributed by atoms with E-state index in [4.69, 9.17) is 4.74 Å². The molecule has 0 saturated heterocycles. The van der Waals surface area contributed by atoms with Crippen LogP contribution >= 0.6 is 0 Å². The van der Waals surface area contributed by atoms with Gasteiger partial charge in [0.1, 0.15) is 0 Å². The third-order valence-corrected chi connectivity index (χ3v) is 4.98. The molecular formula is C19H25NO3. The molecule has 0 aliphatic heterocycles. The number of amides is 1. The van der Waals surface area contributed by atoms with E-state index in [1.165, 1.54) is 43.2 Å². The van der Waals surface area contributed by atoms with Crippen molar-refractivity contribution in [1.29, 1.82) is 0 Å². The molecule has 1 fully saturated rings. The molecule has 4 heteroatoms. The summed E-state index contributed by atoms with van der Waals surface area (Å²) in [5.74, 6) is 0.140. The smallest absolute Gasteiger partial charge is 0.306 e. The fourth-order valence-corrected chi connectivity index (χ4v) is 3.69. The Bertz CT molecular complexity index is 576. The lowest BCUT2D eigenvalue weighted by Crippen LogP contribution is -2.21. The first kappa shape index (κ1) is 16.0. The molecule has 3 rings (SSSR count). The second-order valence-corrected chi connectivity index (χ2v) is 6.74. The number of carbonyl (C=O) groups is 2. The van der Waals surface area contributed by atoms with Crippen molar-refractivity contribution in [3.63, 3.8) is 0 Å². The van der Waals surface area contributed by atoms with Crippen LogP contribution in [0, 0.1) is 5.92 Å². The molecule has 2 aliphatic rings. The Kier molecular flexibility index (Phi) is 5.31. The van der Waals surface area contributed by atoms with E-state index in [2.05, 4.69) is 11.4 Å². The summed E-state index contributed by atoms with van der Waals surface area (Å²) in [4.78, 5) is 23.6. The first-order chi connectivity index (χ1) is 11.2. The first-order valence-corrected chi connectivity index (χ1v) is 8.78. The van der Waals surface area contributed by atoms with Crippen molar-refractivity contribution in [3.8, 4) is 0 Å². The Morgan fingerprint density at radius 2 is 1.87 bits per heavy atom. The summed E-state index contributed by atoms with van der Waals surface area (Å²) in [6.07, 6.45) is 9.73. The predicted molar refractivity (Wildman–Crippen MR) is 89.2 cm³/mol. The van der Waals surface area contributed by atoms with E-state index in [-0.39, 0.29) is 18.5 Å². The highest BCUT2D eigenvalue weighted by Crippen LogP contribution is 2.28. The van der Waals surface area contributed by atoms with Gasteiger partial charge in [-0.05, 0) is 54.9 Å². The van der Waals surface area contributed by atoms with Crippen LogP contribution in [0.25, 0.3) is 0 Å². The zero-order chi connectivity index (χ0) is 16.1. The van der Waals surface area contributed by atoms with Gasteiger partial charge < -0.3 is 10.1 Å². The molecule has 0 radical (unpaired) electrons. The third kappa shape index (κ3) is 4.57. The maximum absolute atomic E-state index is 11.9. The van der Waals surface area contributed by atoms with Crippen LogP contribution in [0.4, 0.5) is 5.69 Å². The van der Waals surface area contributed by atoms with Gasteiger partial charge in [0.15, 0.2) is 6.61 Å². The lowest BCUT2D eigenvalue weighted by Gasteiger charge is -2.10. The van der Waals surface area contributed by atoms with Gasteiger partial charge in [-0.1, -0.05) is 31.7 Å². The molecule has 0 atom stereocenters. The molecule has 124 valence electrons. The average molecular weight is 315 g/mol. The molecule has 1 saturated carbocycles. The molecule has 1 aromatic rings. The maximum atomic E-state index is 11.9. The number of ether oxygens (including phenoxy) is 1. The molecular weight excluding hydrogens is 290 g/mol. The number of aryl methyl sites for hydroxylation is 2. The number of fused-ring (bicyclic) bond motifs is 1. The number of rotatable bonds is 6. The van der Waals surface area contributed by atoms with Gasteiger partial charge in [0.25, 0.3) is 5.91 Å². The van der Waals surface area contributed by atoms with Crippen LogP contribution in [0.15, 0.2) is 18.2 Å². The predicted octanol–water partition coefficient (Wildman–Crippen LogP) is 3.63. The highest BCUT2D eigenvalue weighted by atomic mass is 16.5. The second-order valence-electron chi connectivity index (χ2n) is 6.74. The molecule has 0 spiro atoms. The molecule has 4 nitrogen and oxygen atoms in total. The third-order valence-electron chi connectivity index (χ3n) is 4.98. The van der Waals surface area contributed by atoms with Crippen molar-refractivity contribution in [2.45, 2.75) is 57.8 Å². The molecule has 1 N–H and O–H groups in total. The molecule has 2 aliphatic carbocycles. The van der Waals surface area contributed by atoms with Gasteiger partial charge in [-0.25, -0.2) is 0 Å². The topological polar surface area (TPSA) is 55.4 Å². The summed E-state index contributed by atoms with van der Waals surface area (Å²) in [5.41, 5.74) is 3.48. The zero-order valence-corrected chi connectivity index (χ0v) is 13.6. The quantitative estimate of drug-likeness (QED) is 0.816. The van der Waals surface area contributed by atoms with Gasteiger partial charge in [-0.15, -0.1) is 0 Å². The Morgan fingerprint density at radius 1 is 1.09 bits per heavy atom. The number of carbonyl (C=O) groups excluding carboxylic acids is 2. The molecule has 1 amide bonds. The van der Waals surface area contributed by atoms with Crippen LogP contribution < -0.4 is 5.32 Å². The number of benzene rings is 1. The minimum Gasteiger partial charge on any atom is -0.456 e. The zero-order valence-electron chi connectivity index (χ0n) is 13.6. The van der Waals surface area contributed by atoms with Crippen molar-refractivity contribution in [2.24, 2.45) is 5.92 Å². The molecule has 0 heterocycles. The van der Waals surface area contributed by atoms with Gasteiger partial charge in [0, 0.05) is 12.1 Å². The summed E-state index contributed by atoms with van der Waals surface area (Å²) in [6, 6.07) is 6.03. The molecule has 0 bridgehead atoms. The minimum atomic E-state index is -0.267. The van der Waals surface area contributed by atoms with E-state index in [0.29, 0.717) is 12.3 Å². The molecule has 23 heavy (non-hydrogen) atoms. The number of nitrogens with one attached hydrogen (secondary N) is 1. The van der Waals surface area contributed by atoms with Crippen LogP contribution in [0.2, 0.25) is 0 Å². The number of esters is 1. The summed E-state index contributed by atoms with van der Waals surface area (Å²) in [5, 5.41) is 2.81. The van der Waals surface area contributed by atoms with E-state index in [1.807, 2.05) is 12.1 Å². The minimum absolute atomic E-state index is 0.194. The van der Waals surface area contributed by atoms with E-state index < -0.39 is 0 Å². The summed E-state index contributed by atoms with van der Waals surface area (Å²) >= 11 is 0. The van der Waals surface area contributed by atoms with Crippen LogP contribution in [0.1, 0.15) is 56.1 Å². The normalized spacial score (nSPS) is 17.0. The van der Waals surface area contributed by atoms with Crippen LogP contribution in [0.3, 0.4) is 0 Å². The van der Waals surface area contributed by atoms with Crippen molar-refractivity contribution >= 4 is 17.6 Å². The summed E-state index contributed by atoms with van der Waals surface area (Å²) in [6.45, 7) is -0.194. The highest BCUT2D eigenvalue weighted by Gasteiger charge is 2.17. The van der Waals surface area contributed by atoms with Gasteiger partial charge in [0.05, 0.1) is 0 Å². The summed E-state index contributed by atoms with van der Waals surface area (Å²) in [7, 11) is 0. The number of hydrogen-bond donors (Lipinski definition) is 1. The fourth-order valence-electron chi connectivity index (χ4n) is 3.69. The molecule has 1 aromatic carbocycles. The lowest BCUT2D eigenvalue weighted by molar-refractivity contribution is -0.147. The van der Waals surface area contributed by atoms with Gasteiger partial charge in [-0.3, -0.25) is 9.59 Å². The van der Waals surface area contributed by atoms with Crippen molar-refractivity contribution in [1.82, 2.24) is 0 Å². The molecule has 0 unspecified atom stereocenters. The maximum Gasteiger partial charge on any atom is 0.306 e. The average Bonchev–Trinajstić information content (AvgIpc) is 3.21. The van der Waals surface area contributed by atoms with Crippen LogP contribution in [-0.2, 0) is 27.2 Å². The summed E-state index contributed by atoms with van der Waals surface area (Å²) < 4.78 is 5.08. The van der Waals surface area contributed by atoms with E-state index >= 15 is 0 Å². The number of hydrogen-bond acceptors (Lipinski definition) is 3. The highest BCUT2D eigenvalue weighted by molar-refractivity contribution is 5.92. The van der Waals surface area contributed by atoms with Crippen LogP contribution in [0.5, 0.6) is 0 Å². The van der Waals surface area contributed by atoms with Crippen molar-refractivity contribution in [2.75, 3.05) is 11.9 Å². The SMILES string of the molecule is O=C(COC(=O)CCC1CCCC1)Nc1ccc2c(c1)CCC2. The van der Waals surface area contributed by atoms with Crippen molar-refractivity contribution < 1.29 is 14.3 Å². The number of anilines is 1.